The van der Waals surface area contributed by atoms with E-state index in [1.165, 1.54) is 24.0 Å². The molecule has 1 fully saturated rings. The maximum atomic E-state index is 13.8. The molecule has 0 radical (unpaired) electrons. The number of primary amides is 1. The van der Waals surface area contributed by atoms with Crippen LogP contribution >= 0.6 is 0 Å². The van der Waals surface area contributed by atoms with Gasteiger partial charge in [-0.25, -0.2) is 4.79 Å². The Morgan fingerprint density at radius 3 is 2.32 bits per heavy atom. The summed E-state index contributed by atoms with van der Waals surface area (Å²) in [4.78, 5) is 81.6. The number of nitrogens with zero attached hydrogens (tertiary/aromatic N) is 1. The van der Waals surface area contributed by atoms with Crippen molar-refractivity contribution in [1.29, 1.82) is 0 Å². The number of nitrogens with two attached hydrogens (primary N) is 2. The predicted molar refractivity (Wildman–Crippen MR) is 180 cm³/mol. The predicted octanol–water partition coefficient (Wildman–Crippen LogP) is -0.838. The Kier molecular flexibility index (Phi) is 12.5. The molecule has 0 saturated carbocycles. The zero-order valence-electron chi connectivity index (χ0n) is 27.5. The number of hydrogen-bond donors (Lipinski definition) is 9. The highest BCUT2D eigenvalue weighted by atomic mass is 16.4. The first-order valence-corrected chi connectivity index (χ1v) is 16.2. The van der Waals surface area contributed by atoms with Crippen molar-refractivity contribution >= 4 is 46.4 Å². The second-order valence-electron chi connectivity index (χ2n) is 12.4. The highest BCUT2D eigenvalue weighted by Gasteiger charge is 2.39. The van der Waals surface area contributed by atoms with Crippen molar-refractivity contribution < 1.29 is 44.1 Å². The quantitative estimate of drug-likeness (QED) is 0.0898. The Morgan fingerprint density at radius 1 is 0.960 bits per heavy atom. The lowest BCUT2D eigenvalue weighted by Crippen LogP contribution is -2.60. The molecule has 1 aliphatic rings. The van der Waals surface area contributed by atoms with Gasteiger partial charge in [-0.1, -0.05) is 30.3 Å². The number of amides is 5. The molecule has 1 aromatic heterocycles. The molecule has 3 aromatic rings. The zero-order chi connectivity index (χ0) is 36.5. The van der Waals surface area contributed by atoms with Crippen molar-refractivity contribution in [3.8, 4) is 5.75 Å². The van der Waals surface area contributed by atoms with Gasteiger partial charge in [0, 0.05) is 36.5 Å². The number of aromatic nitrogens is 1. The maximum absolute atomic E-state index is 13.8. The number of benzene rings is 2. The van der Waals surface area contributed by atoms with E-state index >= 15 is 0 Å². The van der Waals surface area contributed by atoms with Gasteiger partial charge in [-0.2, -0.15) is 0 Å². The van der Waals surface area contributed by atoms with Gasteiger partial charge >= 0.3 is 5.97 Å². The second-order valence-corrected chi connectivity index (χ2v) is 12.4. The number of carbonyl (C=O) groups excluding carboxylic acids is 5. The van der Waals surface area contributed by atoms with Crippen LogP contribution < -0.4 is 27.4 Å². The van der Waals surface area contributed by atoms with Gasteiger partial charge in [-0.3, -0.25) is 24.0 Å². The third-order valence-electron chi connectivity index (χ3n) is 8.64. The third-order valence-corrected chi connectivity index (χ3v) is 8.64. The zero-order valence-corrected chi connectivity index (χ0v) is 27.5. The molecule has 50 heavy (non-hydrogen) atoms. The van der Waals surface area contributed by atoms with Crippen LogP contribution in [0.4, 0.5) is 0 Å². The molecule has 2 heterocycles. The van der Waals surface area contributed by atoms with E-state index in [1.807, 2.05) is 24.3 Å². The fraction of sp³-hybridized carbons (Fsp3) is 0.412. The largest absolute Gasteiger partial charge is 0.508 e. The minimum atomic E-state index is -1.64. The summed E-state index contributed by atoms with van der Waals surface area (Å²) in [5, 5.41) is 37.7. The first kappa shape index (κ1) is 37.3. The number of aromatic hydroxyl groups is 1. The number of nitrogens with one attached hydrogen (secondary N) is 4. The summed E-state index contributed by atoms with van der Waals surface area (Å²) in [6.45, 7) is 1.49. The normalized spacial score (nSPS) is 17.3. The van der Waals surface area contributed by atoms with E-state index in [2.05, 4.69) is 20.9 Å². The van der Waals surface area contributed by atoms with Crippen LogP contribution in [-0.4, -0.2) is 104 Å². The number of rotatable bonds is 16. The van der Waals surface area contributed by atoms with Crippen LogP contribution in [0.1, 0.15) is 43.7 Å². The number of fused-ring (bicyclic) bond motifs is 1. The molecule has 0 aliphatic carbocycles. The lowest BCUT2D eigenvalue weighted by atomic mass is 10.0. The first-order chi connectivity index (χ1) is 23.7. The third kappa shape index (κ3) is 9.57. The molecule has 16 heteroatoms. The lowest BCUT2D eigenvalue weighted by molar-refractivity contribution is -0.143. The van der Waals surface area contributed by atoms with Crippen molar-refractivity contribution in [2.75, 3.05) is 6.54 Å². The van der Waals surface area contributed by atoms with Crippen LogP contribution in [0.2, 0.25) is 0 Å². The standard InChI is InChI=1S/C34H43N7O9/c1-18(42)29(32(47)38-25(34(49)50)12-13-28(36)44)40-30(45)26(16-20-17-37-24-6-3-2-5-22(20)24)39-31(46)27-7-4-14-41(27)33(48)23(35)15-19-8-10-21(43)11-9-19/h2-3,5-6,8-11,17-18,23,25-27,29,37,42-43H,4,7,12-16,35H2,1H3,(H2,36,44)(H,38,47)(H,39,46)(H,40,45)(H,49,50)/t18-,23+,25+,26+,27+,29+/m1/s1. The smallest absolute Gasteiger partial charge is 0.326 e. The molecular weight excluding hydrogens is 650 g/mol. The fourth-order valence-corrected chi connectivity index (χ4v) is 5.95. The summed E-state index contributed by atoms with van der Waals surface area (Å²) >= 11 is 0. The van der Waals surface area contributed by atoms with Crippen LogP contribution in [0.5, 0.6) is 5.75 Å². The van der Waals surface area contributed by atoms with E-state index in [0.29, 0.717) is 18.4 Å². The summed E-state index contributed by atoms with van der Waals surface area (Å²) in [6.07, 6.45) is 0.490. The van der Waals surface area contributed by atoms with Crippen molar-refractivity contribution in [3.63, 3.8) is 0 Å². The molecule has 1 aliphatic heterocycles. The Bertz CT molecular complexity index is 1710. The molecule has 2 aromatic carbocycles. The van der Waals surface area contributed by atoms with Gasteiger partial charge in [0.25, 0.3) is 0 Å². The number of para-hydroxylation sites is 1. The van der Waals surface area contributed by atoms with Crippen molar-refractivity contribution in [2.45, 2.75) is 81.8 Å². The molecule has 1 saturated heterocycles. The Balaban J connectivity index is 1.53. The van der Waals surface area contributed by atoms with E-state index in [0.717, 1.165) is 16.5 Å². The van der Waals surface area contributed by atoms with Crippen LogP contribution in [-0.2, 0) is 41.6 Å². The highest BCUT2D eigenvalue weighted by molar-refractivity contribution is 5.96. The van der Waals surface area contributed by atoms with Crippen LogP contribution in [0.3, 0.4) is 0 Å². The molecule has 0 spiro atoms. The highest BCUT2D eigenvalue weighted by Crippen LogP contribution is 2.22. The number of H-pyrrole nitrogens is 1. The van der Waals surface area contributed by atoms with E-state index in [1.54, 1.807) is 18.3 Å². The Hall–Kier alpha value is -5.48. The van der Waals surface area contributed by atoms with Gasteiger partial charge in [0.15, 0.2) is 0 Å². The molecule has 0 bridgehead atoms. The number of carboxylic acids is 1. The van der Waals surface area contributed by atoms with Gasteiger partial charge in [0.2, 0.25) is 29.5 Å². The monoisotopic (exact) mass is 693 g/mol. The second kappa shape index (κ2) is 16.8. The maximum Gasteiger partial charge on any atom is 0.326 e. The van der Waals surface area contributed by atoms with Crippen molar-refractivity contribution in [3.05, 3.63) is 65.9 Å². The number of hydrogen-bond acceptors (Lipinski definition) is 9. The number of aliphatic hydroxyl groups excluding tert-OH is 1. The molecule has 16 nitrogen and oxygen atoms in total. The fourth-order valence-electron chi connectivity index (χ4n) is 5.95. The molecule has 268 valence electrons. The van der Waals surface area contributed by atoms with Crippen molar-refractivity contribution in [2.24, 2.45) is 11.5 Å². The van der Waals surface area contributed by atoms with Gasteiger partial charge in [0.1, 0.15) is 29.9 Å². The van der Waals surface area contributed by atoms with Gasteiger partial charge in [-0.05, 0) is 61.9 Å². The first-order valence-electron chi connectivity index (χ1n) is 16.2. The summed E-state index contributed by atoms with van der Waals surface area (Å²) in [7, 11) is 0. The number of aliphatic carboxylic acids is 1. The molecule has 0 unspecified atom stereocenters. The number of carboxylic acid groups (broad SMARTS) is 1. The van der Waals surface area contributed by atoms with Gasteiger partial charge in [0.05, 0.1) is 12.1 Å². The summed E-state index contributed by atoms with van der Waals surface area (Å²) in [6, 6.07) is 7.18. The molecule has 5 amide bonds. The molecular formula is C34H43N7O9. The number of likely N-dealkylation sites (tertiary alicyclic amines) is 1. The van der Waals surface area contributed by atoms with Crippen LogP contribution in [0.25, 0.3) is 10.9 Å². The number of phenolic OH excluding ortho intramolecular Hbond substituents is 1. The summed E-state index contributed by atoms with van der Waals surface area (Å²) < 4.78 is 0. The number of carbonyl (C=O) groups is 6. The topological polar surface area (TPSA) is 270 Å². The lowest BCUT2D eigenvalue weighted by Gasteiger charge is -2.29. The van der Waals surface area contributed by atoms with E-state index in [4.69, 9.17) is 11.5 Å². The molecule has 6 atom stereocenters. The van der Waals surface area contributed by atoms with E-state index in [-0.39, 0.29) is 38.0 Å². The number of aliphatic hydroxyl groups is 1. The number of phenols is 1. The van der Waals surface area contributed by atoms with E-state index in [9.17, 15) is 44.1 Å². The minimum absolute atomic E-state index is 0.0485. The Labute approximate surface area is 287 Å². The summed E-state index contributed by atoms with van der Waals surface area (Å²) in [5.41, 5.74) is 13.5. The number of aromatic amines is 1. The van der Waals surface area contributed by atoms with Gasteiger partial charge < -0.3 is 52.6 Å². The molecule has 11 N–H and O–H groups in total. The Morgan fingerprint density at radius 2 is 1.66 bits per heavy atom. The van der Waals surface area contributed by atoms with E-state index < -0.39 is 71.8 Å². The molecule has 4 rings (SSSR count). The van der Waals surface area contributed by atoms with Crippen LogP contribution in [0.15, 0.2) is 54.7 Å². The van der Waals surface area contributed by atoms with Gasteiger partial charge in [-0.15, -0.1) is 0 Å². The average molecular weight is 694 g/mol. The van der Waals surface area contributed by atoms with Crippen LogP contribution in [0, 0.1) is 0 Å². The SMILES string of the molecule is C[C@@H](O)[C@H](NC(=O)[C@H](Cc1c[nH]c2ccccc12)NC(=O)[C@@H]1CCCN1C(=O)[C@@H](N)Cc1ccc(O)cc1)C(=O)N[C@@H](CCC(N)=O)C(=O)O. The van der Waals surface area contributed by atoms with Crippen molar-refractivity contribution in [1.82, 2.24) is 25.8 Å². The average Bonchev–Trinajstić information content (AvgIpc) is 3.73. The summed E-state index contributed by atoms with van der Waals surface area (Å²) in [5.74, 6) is -5.11. The minimum Gasteiger partial charge on any atom is -0.508 e.